The topological polar surface area (TPSA) is 52.3 Å². The first-order chi connectivity index (χ1) is 10.4. The van der Waals surface area contributed by atoms with Gasteiger partial charge in [-0.2, -0.15) is 12.6 Å². The van der Waals surface area contributed by atoms with Crippen LogP contribution in [0.3, 0.4) is 0 Å². The zero-order valence-corrected chi connectivity index (χ0v) is 15.3. The van der Waals surface area contributed by atoms with E-state index in [0.29, 0.717) is 5.75 Å². The minimum absolute atomic E-state index is 0. The Hall–Kier alpha value is 0.000000000000000111. The van der Waals surface area contributed by atoms with Crippen LogP contribution in [0.25, 0.3) is 0 Å². The number of nitrogens with two attached hydrogens (primary N) is 1. The number of esters is 1. The molecule has 23 heavy (non-hydrogen) atoms. The van der Waals surface area contributed by atoms with Crippen molar-refractivity contribution in [3.8, 4) is 0 Å². The molecule has 0 amide bonds. The Morgan fingerprint density at radius 2 is 1.57 bits per heavy atom. The molecule has 0 spiro atoms. The third-order valence-corrected chi connectivity index (χ3v) is 3.67. The van der Waals surface area contributed by atoms with Crippen LogP contribution in [0.15, 0.2) is 34.9 Å². The number of hydrogen-bond donors (Lipinski definition) is 2. The van der Waals surface area contributed by atoms with Gasteiger partial charge in [0.1, 0.15) is 12.6 Å². The standard InChI is InChI=1S/C18H31NO2S.Na.H/c1-14(2)7-5-8-15(3)9-6-10-16(4)11-12-21-18(20)17(19)13-22;;/h7,9,11,17,22H,5-6,8,10,12-13,19H2,1-4H3;;/t17-;;/m0../s1. The molecule has 3 nitrogen and oxygen atoms in total. The molecule has 5 heteroatoms. The van der Waals surface area contributed by atoms with Crippen LogP contribution in [0.2, 0.25) is 0 Å². The number of allylic oxidation sites excluding steroid dienone is 5. The van der Waals surface area contributed by atoms with E-state index < -0.39 is 12.0 Å². The van der Waals surface area contributed by atoms with E-state index in [1.54, 1.807) is 0 Å². The second-order valence-corrected chi connectivity index (χ2v) is 6.24. The molecule has 0 rings (SSSR count). The van der Waals surface area contributed by atoms with E-state index in [2.05, 4.69) is 52.5 Å². The minimum atomic E-state index is -0.636. The van der Waals surface area contributed by atoms with Crippen molar-refractivity contribution < 1.29 is 9.53 Å². The fourth-order valence-corrected chi connectivity index (χ4v) is 1.94. The number of carbonyl (C=O) groups is 1. The molecular weight excluding hydrogens is 317 g/mol. The Morgan fingerprint density at radius 3 is 2.09 bits per heavy atom. The van der Waals surface area contributed by atoms with E-state index in [1.165, 1.54) is 16.7 Å². The molecular formula is C18H32NNaO2S. The molecule has 0 aliphatic rings. The van der Waals surface area contributed by atoms with Crippen molar-refractivity contribution in [1.82, 2.24) is 0 Å². The van der Waals surface area contributed by atoms with Crippen molar-refractivity contribution in [2.75, 3.05) is 12.4 Å². The molecule has 0 unspecified atom stereocenters. The van der Waals surface area contributed by atoms with Crippen LogP contribution < -0.4 is 5.73 Å². The zero-order valence-electron chi connectivity index (χ0n) is 14.4. The third kappa shape index (κ3) is 15.3. The molecule has 1 atom stereocenters. The number of rotatable bonds is 10. The van der Waals surface area contributed by atoms with Gasteiger partial charge in [-0.15, -0.1) is 0 Å². The predicted octanol–water partition coefficient (Wildman–Crippen LogP) is 3.56. The van der Waals surface area contributed by atoms with E-state index in [4.69, 9.17) is 10.5 Å². The van der Waals surface area contributed by atoms with Gasteiger partial charge in [-0.05, 0) is 59.5 Å². The van der Waals surface area contributed by atoms with E-state index in [1.807, 2.05) is 6.08 Å². The Morgan fingerprint density at radius 1 is 1.04 bits per heavy atom. The van der Waals surface area contributed by atoms with Crippen LogP contribution in [0.4, 0.5) is 0 Å². The van der Waals surface area contributed by atoms with Crippen molar-refractivity contribution in [3.63, 3.8) is 0 Å². The molecule has 0 aliphatic carbocycles. The molecule has 0 heterocycles. The second kappa shape index (κ2) is 15.5. The summed E-state index contributed by atoms with van der Waals surface area (Å²) in [5.74, 6) is -0.0905. The van der Waals surface area contributed by atoms with Gasteiger partial charge in [0.15, 0.2) is 0 Å². The molecule has 2 N–H and O–H groups in total. The summed E-state index contributed by atoms with van der Waals surface area (Å²) in [7, 11) is 0. The first-order valence-electron chi connectivity index (χ1n) is 7.84. The quantitative estimate of drug-likeness (QED) is 0.274. The Labute approximate surface area is 169 Å². The summed E-state index contributed by atoms with van der Waals surface area (Å²) >= 11 is 3.97. The van der Waals surface area contributed by atoms with Crippen molar-refractivity contribution in [3.05, 3.63) is 34.9 Å². The Kier molecular flexibility index (Phi) is 17.0. The van der Waals surface area contributed by atoms with Crippen LogP contribution in [0.1, 0.15) is 53.4 Å². The first kappa shape index (κ1) is 25.2. The van der Waals surface area contributed by atoms with Gasteiger partial charge in [-0.1, -0.05) is 28.9 Å². The molecule has 0 radical (unpaired) electrons. The van der Waals surface area contributed by atoms with Crippen LogP contribution in [-0.4, -0.2) is 53.9 Å². The third-order valence-electron chi connectivity index (χ3n) is 3.28. The number of ether oxygens (including phenoxy) is 1. The van der Waals surface area contributed by atoms with E-state index in [-0.39, 0.29) is 36.2 Å². The van der Waals surface area contributed by atoms with E-state index >= 15 is 0 Å². The predicted molar refractivity (Wildman–Crippen MR) is 105 cm³/mol. The second-order valence-electron chi connectivity index (χ2n) is 5.88. The summed E-state index contributed by atoms with van der Waals surface area (Å²) in [4.78, 5) is 11.4. The zero-order chi connectivity index (χ0) is 17.0. The van der Waals surface area contributed by atoms with Crippen molar-refractivity contribution in [1.29, 1.82) is 0 Å². The molecule has 0 aromatic carbocycles. The summed E-state index contributed by atoms with van der Waals surface area (Å²) in [6, 6.07) is -0.636. The van der Waals surface area contributed by atoms with Crippen LogP contribution in [0, 0.1) is 0 Å². The fourth-order valence-electron chi connectivity index (χ4n) is 1.79. The maximum absolute atomic E-state index is 11.4. The Bertz CT molecular complexity index is 427. The average Bonchev–Trinajstić information content (AvgIpc) is 2.45. The van der Waals surface area contributed by atoms with Gasteiger partial charge >= 0.3 is 35.5 Å². The molecule has 0 aromatic rings. The van der Waals surface area contributed by atoms with Gasteiger partial charge in [-0.25, -0.2) is 0 Å². The SMILES string of the molecule is CC(C)=CCCC(C)=CCCC(C)=CCOC(=O)[C@@H](N)CS.[NaH]. The van der Waals surface area contributed by atoms with Gasteiger partial charge in [0.25, 0.3) is 0 Å². The van der Waals surface area contributed by atoms with Crippen molar-refractivity contribution in [2.45, 2.75) is 59.4 Å². The summed E-state index contributed by atoms with van der Waals surface area (Å²) in [6.45, 7) is 8.78. The Balaban J connectivity index is 0. The fraction of sp³-hybridized carbons (Fsp3) is 0.611. The molecule has 0 fully saturated rings. The summed E-state index contributed by atoms with van der Waals surface area (Å²) in [5, 5.41) is 0. The summed E-state index contributed by atoms with van der Waals surface area (Å²) in [5.41, 5.74) is 9.55. The van der Waals surface area contributed by atoms with Gasteiger partial charge < -0.3 is 10.5 Å². The maximum atomic E-state index is 11.4. The monoisotopic (exact) mass is 349 g/mol. The number of thiol groups is 1. The van der Waals surface area contributed by atoms with Crippen LogP contribution >= 0.6 is 12.6 Å². The molecule has 0 aliphatic heterocycles. The van der Waals surface area contributed by atoms with Gasteiger partial charge in [0, 0.05) is 5.75 Å². The first-order valence-corrected chi connectivity index (χ1v) is 8.47. The molecule has 0 saturated carbocycles. The van der Waals surface area contributed by atoms with Crippen molar-refractivity contribution in [2.24, 2.45) is 5.73 Å². The molecule has 0 aromatic heterocycles. The summed E-state index contributed by atoms with van der Waals surface area (Å²) < 4.78 is 5.06. The van der Waals surface area contributed by atoms with Crippen molar-refractivity contribution >= 4 is 48.2 Å². The number of carbonyl (C=O) groups excluding carboxylic acids is 1. The van der Waals surface area contributed by atoms with Crippen LogP contribution in [-0.2, 0) is 9.53 Å². The van der Waals surface area contributed by atoms with Gasteiger partial charge in [0.2, 0.25) is 0 Å². The van der Waals surface area contributed by atoms with Gasteiger partial charge in [-0.3, -0.25) is 4.79 Å². The van der Waals surface area contributed by atoms with E-state index in [9.17, 15) is 4.79 Å². The molecule has 128 valence electrons. The molecule has 0 bridgehead atoms. The average molecular weight is 350 g/mol. The summed E-state index contributed by atoms with van der Waals surface area (Å²) in [6.07, 6.45) is 10.7. The number of hydrogen-bond acceptors (Lipinski definition) is 4. The van der Waals surface area contributed by atoms with Crippen LogP contribution in [0.5, 0.6) is 0 Å². The normalized spacial score (nSPS) is 13.1. The molecule has 0 saturated heterocycles. The van der Waals surface area contributed by atoms with Gasteiger partial charge in [0.05, 0.1) is 0 Å². The van der Waals surface area contributed by atoms with E-state index in [0.717, 1.165) is 25.7 Å².